The van der Waals surface area contributed by atoms with E-state index < -0.39 is 0 Å². The number of morpholine rings is 1. The van der Waals surface area contributed by atoms with Crippen molar-refractivity contribution in [3.63, 3.8) is 0 Å². The molecule has 1 atom stereocenters. The van der Waals surface area contributed by atoms with E-state index >= 15 is 0 Å². The molecule has 25 heavy (non-hydrogen) atoms. The Kier molecular flexibility index (Phi) is 3.90. The van der Waals surface area contributed by atoms with Crippen molar-refractivity contribution in [2.75, 3.05) is 31.2 Å². The minimum atomic E-state index is -0.202. The van der Waals surface area contributed by atoms with Gasteiger partial charge in [0.1, 0.15) is 23.3 Å². The highest BCUT2D eigenvalue weighted by Crippen LogP contribution is 2.24. The Morgan fingerprint density at radius 2 is 2.16 bits per heavy atom. The van der Waals surface area contributed by atoms with Gasteiger partial charge in [0.15, 0.2) is 11.5 Å². The highest BCUT2D eigenvalue weighted by Gasteiger charge is 2.25. The van der Waals surface area contributed by atoms with Crippen LogP contribution in [0.2, 0.25) is 0 Å². The van der Waals surface area contributed by atoms with Crippen molar-refractivity contribution in [1.82, 2.24) is 34.8 Å². The second-order valence-electron chi connectivity index (χ2n) is 5.98. The van der Waals surface area contributed by atoms with E-state index in [-0.39, 0.29) is 17.9 Å². The summed E-state index contributed by atoms with van der Waals surface area (Å²) in [6, 6.07) is 1.93. The monoisotopic (exact) mass is 341 g/mol. The van der Waals surface area contributed by atoms with E-state index in [2.05, 4.69) is 34.8 Å². The number of aromatic nitrogens is 6. The number of nitrogens with zero attached hydrogens (tertiary/aromatic N) is 6. The summed E-state index contributed by atoms with van der Waals surface area (Å²) in [5.74, 6) is 1.83. The van der Waals surface area contributed by atoms with E-state index in [9.17, 15) is 0 Å². The van der Waals surface area contributed by atoms with Crippen LogP contribution in [0.15, 0.2) is 12.3 Å². The van der Waals surface area contributed by atoms with Gasteiger partial charge in [0.25, 0.3) is 0 Å². The molecular weight excluding hydrogens is 322 g/mol. The van der Waals surface area contributed by atoms with E-state index in [1.54, 1.807) is 6.20 Å². The van der Waals surface area contributed by atoms with Gasteiger partial charge >= 0.3 is 0 Å². The Hall–Kier alpha value is -2.85. The molecule has 0 saturated carbocycles. The summed E-state index contributed by atoms with van der Waals surface area (Å²) in [5.41, 5.74) is 13.5. The number of imidazole rings is 1. The maximum atomic E-state index is 5.88. The molecule has 0 spiro atoms. The molecule has 0 bridgehead atoms. The Balaban J connectivity index is 1.54. The van der Waals surface area contributed by atoms with Crippen molar-refractivity contribution in [3.05, 3.63) is 29.6 Å². The van der Waals surface area contributed by atoms with Crippen molar-refractivity contribution >= 4 is 22.9 Å². The Morgan fingerprint density at radius 1 is 1.28 bits per heavy atom. The number of H-pyrrole nitrogens is 1. The molecule has 3 aromatic rings. The molecule has 10 heteroatoms. The molecular formula is C15H19N9O. The van der Waals surface area contributed by atoms with Crippen molar-refractivity contribution in [1.29, 1.82) is 0 Å². The Bertz CT molecular complexity index is 909. The third kappa shape index (κ3) is 3.21. The Labute approximate surface area is 143 Å². The van der Waals surface area contributed by atoms with E-state index in [0.29, 0.717) is 30.1 Å². The van der Waals surface area contributed by atoms with Gasteiger partial charge in [-0.2, -0.15) is 9.97 Å². The molecule has 1 fully saturated rings. The first kappa shape index (κ1) is 15.7. The van der Waals surface area contributed by atoms with E-state index in [4.69, 9.17) is 16.2 Å². The molecule has 0 aliphatic carbocycles. The molecule has 5 N–H and O–H groups in total. The van der Waals surface area contributed by atoms with Crippen molar-refractivity contribution < 1.29 is 4.74 Å². The van der Waals surface area contributed by atoms with Crippen LogP contribution >= 0.6 is 0 Å². The number of nitrogens with two attached hydrogens (primary N) is 2. The standard InChI is InChI=1S/C15H19N9O/c1-8-18-3-2-9(19-8)6-24-4-5-25-10(7-24)13-20-11-12(16)21-15(17)23-14(11)22-13/h2-3,10H,4-7H2,1H3,(H5,16,17,20,21,22,23). The van der Waals surface area contributed by atoms with Crippen molar-refractivity contribution in [3.8, 4) is 0 Å². The van der Waals surface area contributed by atoms with Crippen LogP contribution in [0.1, 0.15) is 23.4 Å². The highest BCUT2D eigenvalue weighted by atomic mass is 16.5. The number of rotatable bonds is 3. The van der Waals surface area contributed by atoms with E-state index in [0.717, 1.165) is 24.6 Å². The molecule has 3 aromatic heterocycles. The lowest BCUT2D eigenvalue weighted by Crippen LogP contribution is -2.38. The molecule has 1 aliphatic heterocycles. The van der Waals surface area contributed by atoms with E-state index in [1.165, 1.54) is 0 Å². The van der Waals surface area contributed by atoms with Crippen LogP contribution in [0.25, 0.3) is 11.2 Å². The van der Waals surface area contributed by atoms with Crippen LogP contribution in [0.5, 0.6) is 0 Å². The summed E-state index contributed by atoms with van der Waals surface area (Å²) in [5, 5.41) is 0. The fraction of sp³-hybridized carbons (Fsp3) is 0.400. The zero-order chi connectivity index (χ0) is 17.4. The summed E-state index contributed by atoms with van der Waals surface area (Å²) < 4.78 is 5.87. The predicted molar refractivity (Wildman–Crippen MR) is 91.2 cm³/mol. The Morgan fingerprint density at radius 3 is 3.00 bits per heavy atom. The number of anilines is 2. The zero-order valence-corrected chi connectivity index (χ0v) is 13.8. The van der Waals surface area contributed by atoms with Gasteiger partial charge < -0.3 is 21.2 Å². The second kappa shape index (κ2) is 6.22. The molecule has 4 rings (SSSR count). The fourth-order valence-electron chi connectivity index (χ4n) is 2.94. The molecule has 10 nitrogen and oxygen atoms in total. The average molecular weight is 341 g/mol. The smallest absolute Gasteiger partial charge is 0.224 e. The van der Waals surface area contributed by atoms with Crippen molar-refractivity contribution in [2.45, 2.75) is 19.6 Å². The summed E-state index contributed by atoms with van der Waals surface area (Å²) in [6.45, 7) is 4.74. The number of fused-ring (bicyclic) bond motifs is 1. The maximum Gasteiger partial charge on any atom is 0.224 e. The number of hydrogen-bond acceptors (Lipinski definition) is 9. The number of ether oxygens (including phenoxy) is 1. The van der Waals surface area contributed by atoms with Gasteiger partial charge in [-0.15, -0.1) is 0 Å². The lowest BCUT2D eigenvalue weighted by molar-refractivity contribution is -0.0370. The van der Waals surface area contributed by atoms with Crippen LogP contribution in [0, 0.1) is 6.92 Å². The summed E-state index contributed by atoms with van der Waals surface area (Å²) >= 11 is 0. The lowest BCUT2D eigenvalue weighted by atomic mass is 10.2. The predicted octanol–water partition coefficient (Wildman–Crippen LogP) is 0.189. The van der Waals surface area contributed by atoms with Gasteiger partial charge in [0.05, 0.1) is 12.3 Å². The SMILES string of the molecule is Cc1nccc(CN2CCOC(c3nc4nc(N)nc(N)c4[nH]3)C2)n1. The summed E-state index contributed by atoms with van der Waals surface area (Å²) in [6.07, 6.45) is 1.58. The third-order valence-corrected chi connectivity index (χ3v) is 4.09. The van der Waals surface area contributed by atoms with Gasteiger partial charge in [0, 0.05) is 25.8 Å². The normalized spacial score (nSPS) is 18.7. The number of aromatic amines is 1. The molecule has 130 valence electrons. The number of aryl methyl sites for hydroxylation is 1. The topological polar surface area (TPSA) is 145 Å². The zero-order valence-electron chi connectivity index (χ0n) is 13.8. The van der Waals surface area contributed by atoms with Gasteiger partial charge in [0.2, 0.25) is 5.95 Å². The maximum absolute atomic E-state index is 5.88. The molecule has 0 radical (unpaired) electrons. The van der Waals surface area contributed by atoms with E-state index in [1.807, 2.05) is 13.0 Å². The van der Waals surface area contributed by atoms with Gasteiger partial charge in [-0.05, 0) is 13.0 Å². The largest absolute Gasteiger partial charge is 0.382 e. The molecule has 1 unspecified atom stereocenters. The second-order valence-corrected chi connectivity index (χ2v) is 5.98. The third-order valence-electron chi connectivity index (χ3n) is 4.09. The van der Waals surface area contributed by atoms with Crippen LogP contribution in [-0.4, -0.2) is 54.5 Å². The number of hydrogen-bond donors (Lipinski definition) is 3. The number of nitrogens with one attached hydrogen (secondary N) is 1. The number of nitrogen functional groups attached to an aromatic ring is 2. The van der Waals surface area contributed by atoms with Gasteiger partial charge in [-0.25, -0.2) is 15.0 Å². The van der Waals surface area contributed by atoms with Crippen molar-refractivity contribution in [2.24, 2.45) is 0 Å². The molecule has 4 heterocycles. The average Bonchev–Trinajstić information content (AvgIpc) is 2.99. The van der Waals surface area contributed by atoms with Crippen LogP contribution in [-0.2, 0) is 11.3 Å². The first-order valence-corrected chi connectivity index (χ1v) is 7.99. The fourth-order valence-corrected chi connectivity index (χ4v) is 2.94. The van der Waals surface area contributed by atoms with Crippen LogP contribution < -0.4 is 11.5 Å². The molecule has 0 amide bonds. The molecule has 1 aliphatic rings. The highest BCUT2D eigenvalue weighted by molar-refractivity contribution is 5.82. The van der Waals surface area contributed by atoms with Crippen LogP contribution in [0.3, 0.4) is 0 Å². The first-order chi connectivity index (χ1) is 12.1. The summed E-state index contributed by atoms with van der Waals surface area (Å²) in [4.78, 5) is 26.5. The van der Waals surface area contributed by atoms with Crippen LogP contribution in [0.4, 0.5) is 11.8 Å². The minimum absolute atomic E-state index is 0.105. The molecule has 1 saturated heterocycles. The quantitative estimate of drug-likeness (QED) is 0.607. The summed E-state index contributed by atoms with van der Waals surface area (Å²) in [7, 11) is 0. The molecule has 0 aromatic carbocycles. The minimum Gasteiger partial charge on any atom is -0.382 e. The van der Waals surface area contributed by atoms with Gasteiger partial charge in [-0.1, -0.05) is 0 Å². The first-order valence-electron chi connectivity index (χ1n) is 7.99. The lowest BCUT2D eigenvalue weighted by Gasteiger charge is -2.31. The van der Waals surface area contributed by atoms with Gasteiger partial charge in [-0.3, -0.25) is 4.90 Å².